The molecule has 0 spiro atoms. The van der Waals surface area contributed by atoms with Gasteiger partial charge in [0, 0.05) is 11.9 Å². The van der Waals surface area contributed by atoms with Crippen LogP contribution in [0.15, 0.2) is 0 Å². The third-order valence-corrected chi connectivity index (χ3v) is 3.32. The maximum atomic E-state index is 8.60. The zero-order valence-corrected chi connectivity index (χ0v) is 7.36. The van der Waals surface area contributed by atoms with E-state index in [9.17, 15) is 0 Å². The van der Waals surface area contributed by atoms with E-state index in [1.165, 1.54) is 18.6 Å². The number of aliphatic hydroxyl groups is 1. The van der Waals surface area contributed by atoms with Crippen molar-refractivity contribution in [3.05, 3.63) is 0 Å². The van der Waals surface area contributed by atoms with Gasteiger partial charge in [-0.2, -0.15) is 11.8 Å². The number of aliphatic hydroxyl groups excluding tert-OH is 1. The molecule has 1 aliphatic carbocycles. The molecule has 0 saturated heterocycles. The summed E-state index contributed by atoms with van der Waals surface area (Å²) in [6, 6.07) is 0. The van der Waals surface area contributed by atoms with Gasteiger partial charge in [-0.3, -0.25) is 0 Å². The van der Waals surface area contributed by atoms with Crippen molar-refractivity contribution in [2.24, 2.45) is 5.92 Å². The van der Waals surface area contributed by atoms with Crippen LogP contribution in [0.3, 0.4) is 0 Å². The molecule has 1 unspecified atom stereocenters. The molecule has 0 aromatic heterocycles. The third-order valence-electron chi connectivity index (χ3n) is 1.85. The summed E-state index contributed by atoms with van der Waals surface area (Å²) in [6.45, 7) is 2.54. The Morgan fingerprint density at radius 3 is 2.80 bits per heavy atom. The van der Waals surface area contributed by atoms with Gasteiger partial charge in [0.05, 0.1) is 0 Å². The summed E-state index contributed by atoms with van der Waals surface area (Å²) >= 11 is 2.01. The van der Waals surface area contributed by atoms with Crippen LogP contribution in [0.4, 0.5) is 0 Å². The van der Waals surface area contributed by atoms with Crippen LogP contribution in [0.1, 0.15) is 26.2 Å². The summed E-state index contributed by atoms with van der Waals surface area (Å²) in [6.07, 6.45) is 3.84. The summed E-state index contributed by atoms with van der Waals surface area (Å²) in [5, 5.41) is 9.26. The monoisotopic (exact) mass is 160 g/mol. The van der Waals surface area contributed by atoms with Gasteiger partial charge in [-0.15, -0.1) is 0 Å². The molecule has 60 valence electrons. The SMILES string of the molecule is CC(CCO)SCC1CC1. The van der Waals surface area contributed by atoms with Gasteiger partial charge < -0.3 is 5.11 Å². The Balaban J connectivity index is 1.89. The molecule has 0 radical (unpaired) electrons. The smallest absolute Gasteiger partial charge is 0.0441 e. The Morgan fingerprint density at radius 1 is 1.60 bits per heavy atom. The van der Waals surface area contributed by atoms with Crippen LogP contribution in [0, 0.1) is 5.92 Å². The summed E-state index contributed by atoms with van der Waals surface area (Å²) in [7, 11) is 0. The average Bonchev–Trinajstić information content (AvgIpc) is 2.67. The minimum absolute atomic E-state index is 0.346. The van der Waals surface area contributed by atoms with Gasteiger partial charge in [0.15, 0.2) is 0 Å². The van der Waals surface area contributed by atoms with E-state index in [4.69, 9.17) is 5.11 Å². The molecule has 1 saturated carbocycles. The molecular weight excluding hydrogens is 144 g/mol. The van der Waals surface area contributed by atoms with E-state index in [-0.39, 0.29) is 0 Å². The van der Waals surface area contributed by atoms with Crippen molar-refractivity contribution in [2.75, 3.05) is 12.4 Å². The molecule has 0 aliphatic heterocycles. The lowest BCUT2D eigenvalue weighted by atomic mass is 10.3. The molecule has 0 aromatic carbocycles. The maximum absolute atomic E-state index is 8.60. The minimum Gasteiger partial charge on any atom is -0.396 e. The molecular formula is C8H16OS. The van der Waals surface area contributed by atoms with Gasteiger partial charge in [0.2, 0.25) is 0 Å². The molecule has 2 heteroatoms. The summed E-state index contributed by atoms with van der Waals surface area (Å²) in [4.78, 5) is 0. The Bertz CT molecular complexity index is 91.3. The van der Waals surface area contributed by atoms with Crippen LogP contribution < -0.4 is 0 Å². The second-order valence-corrected chi connectivity index (χ2v) is 4.57. The van der Waals surface area contributed by atoms with Crippen molar-refractivity contribution in [2.45, 2.75) is 31.4 Å². The molecule has 1 nitrogen and oxygen atoms in total. The predicted molar refractivity (Wildman–Crippen MR) is 46.3 cm³/mol. The first-order valence-corrected chi connectivity index (χ1v) is 5.10. The van der Waals surface area contributed by atoms with Gasteiger partial charge in [-0.05, 0) is 30.9 Å². The van der Waals surface area contributed by atoms with Crippen LogP contribution in [-0.4, -0.2) is 22.7 Å². The Kier molecular flexibility index (Phi) is 3.57. The molecule has 0 heterocycles. The zero-order valence-electron chi connectivity index (χ0n) is 6.55. The van der Waals surface area contributed by atoms with Gasteiger partial charge >= 0.3 is 0 Å². The molecule has 1 rings (SSSR count). The molecule has 1 fully saturated rings. The highest BCUT2D eigenvalue weighted by Gasteiger charge is 2.21. The zero-order chi connectivity index (χ0) is 7.40. The van der Waals surface area contributed by atoms with Crippen LogP contribution in [0.25, 0.3) is 0 Å². The topological polar surface area (TPSA) is 20.2 Å². The third kappa shape index (κ3) is 3.47. The second kappa shape index (κ2) is 4.24. The van der Waals surface area contributed by atoms with Crippen LogP contribution >= 0.6 is 11.8 Å². The average molecular weight is 160 g/mol. The second-order valence-electron chi connectivity index (χ2n) is 3.10. The molecule has 0 bridgehead atoms. The van der Waals surface area contributed by atoms with E-state index in [1.54, 1.807) is 0 Å². The van der Waals surface area contributed by atoms with E-state index < -0.39 is 0 Å². The largest absolute Gasteiger partial charge is 0.396 e. The molecule has 0 aromatic rings. The van der Waals surface area contributed by atoms with Crippen molar-refractivity contribution in [3.63, 3.8) is 0 Å². The lowest BCUT2D eigenvalue weighted by Crippen LogP contribution is -2.00. The molecule has 1 N–H and O–H groups in total. The fraction of sp³-hybridized carbons (Fsp3) is 1.00. The predicted octanol–water partition coefficient (Wildman–Crippen LogP) is 1.90. The fourth-order valence-corrected chi connectivity index (χ4v) is 2.06. The number of hydrogen-bond acceptors (Lipinski definition) is 2. The summed E-state index contributed by atoms with van der Waals surface area (Å²) in [5.41, 5.74) is 0. The fourth-order valence-electron chi connectivity index (χ4n) is 0.850. The Labute approximate surface area is 67.2 Å². The van der Waals surface area contributed by atoms with Crippen LogP contribution in [0.5, 0.6) is 0 Å². The standard InChI is InChI=1S/C8H16OS/c1-7(4-5-9)10-6-8-2-3-8/h7-9H,2-6H2,1H3. The number of rotatable bonds is 5. The van der Waals surface area contributed by atoms with E-state index in [1.807, 2.05) is 11.8 Å². The van der Waals surface area contributed by atoms with Crippen molar-refractivity contribution < 1.29 is 5.11 Å². The van der Waals surface area contributed by atoms with Crippen LogP contribution in [-0.2, 0) is 0 Å². The maximum Gasteiger partial charge on any atom is 0.0441 e. The van der Waals surface area contributed by atoms with Crippen molar-refractivity contribution in [1.82, 2.24) is 0 Å². The molecule has 1 aliphatic rings. The molecule has 10 heavy (non-hydrogen) atoms. The lowest BCUT2D eigenvalue weighted by Gasteiger charge is -2.07. The molecule has 0 amide bonds. The van der Waals surface area contributed by atoms with Gasteiger partial charge in [0.1, 0.15) is 0 Å². The summed E-state index contributed by atoms with van der Waals surface area (Å²) in [5.74, 6) is 2.34. The first kappa shape index (κ1) is 8.41. The highest BCUT2D eigenvalue weighted by Crippen LogP contribution is 2.33. The minimum atomic E-state index is 0.346. The quantitative estimate of drug-likeness (QED) is 0.663. The van der Waals surface area contributed by atoms with E-state index >= 15 is 0 Å². The first-order chi connectivity index (χ1) is 4.83. The van der Waals surface area contributed by atoms with Crippen molar-refractivity contribution in [1.29, 1.82) is 0 Å². The van der Waals surface area contributed by atoms with E-state index in [0.717, 1.165) is 12.3 Å². The van der Waals surface area contributed by atoms with Crippen molar-refractivity contribution >= 4 is 11.8 Å². The van der Waals surface area contributed by atoms with Gasteiger partial charge in [-0.25, -0.2) is 0 Å². The van der Waals surface area contributed by atoms with Gasteiger partial charge in [0.25, 0.3) is 0 Å². The highest BCUT2D eigenvalue weighted by molar-refractivity contribution is 7.99. The van der Waals surface area contributed by atoms with Crippen LogP contribution in [0.2, 0.25) is 0 Å². The number of hydrogen-bond donors (Lipinski definition) is 1. The summed E-state index contributed by atoms with van der Waals surface area (Å²) < 4.78 is 0. The Hall–Kier alpha value is 0.310. The molecule has 1 atom stereocenters. The normalized spacial score (nSPS) is 21.0. The Morgan fingerprint density at radius 2 is 2.30 bits per heavy atom. The van der Waals surface area contributed by atoms with E-state index in [0.29, 0.717) is 11.9 Å². The van der Waals surface area contributed by atoms with E-state index in [2.05, 4.69) is 6.92 Å². The van der Waals surface area contributed by atoms with Gasteiger partial charge in [-0.1, -0.05) is 6.92 Å². The number of thioether (sulfide) groups is 1. The first-order valence-electron chi connectivity index (χ1n) is 4.05. The van der Waals surface area contributed by atoms with Crippen molar-refractivity contribution in [3.8, 4) is 0 Å². The highest BCUT2D eigenvalue weighted by atomic mass is 32.2. The lowest BCUT2D eigenvalue weighted by molar-refractivity contribution is 0.289.